The molecule has 1 aliphatic carbocycles. The van der Waals surface area contributed by atoms with Gasteiger partial charge in [-0.2, -0.15) is 0 Å². The maximum absolute atomic E-state index is 12.5. The number of thiophene rings is 1. The van der Waals surface area contributed by atoms with E-state index in [-0.39, 0.29) is 17.9 Å². The number of amides is 1. The molecule has 1 aliphatic heterocycles. The topological polar surface area (TPSA) is 92.2 Å². The number of anilines is 2. The second kappa shape index (κ2) is 7.18. The minimum atomic E-state index is 0.0278. The number of fused-ring (bicyclic) bond motifs is 4. The van der Waals surface area contributed by atoms with E-state index in [4.69, 9.17) is 0 Å². The highest BCUT2D eigenvalue weighted by Crippen LogP contribution is 2.40. The highest BCUT2D eigenvalue weighted by molar-refractivity contribution is 7.19. The number of aryl methyl sites for hydroxylation is 1. The van der Waals surface area contributed by atoms with Crippen LogP contribution in [0.15, 0.2) is 23.6 Å². The van der Waals surface area contributed by atoms with Crippen LogP contribution < -0.4 is 10.6 Å². The van der Waals surface area contributed by atoms with Crippen LogP contribution >= 0.6 is 11.3 Å². The molecular formula is C21H22N6OS. The first-order chi connectivity index (χ1) is 14.1. The van der Waals surface area contributed by atoms with E-state index < -0.39 is 0 Å². The van der Waals surface area contributed by atoms with Gasteiger partial charge in [0.15, 0.2) is 0 Å². The summed E-state index contributed by atoms with van der Waals surface area (Å²) >= 11 is 1.67. The minimum Gasteiger partial charge on any atom is -0.354 e. The quantitative estimate of drug-likeness (QED) is 0.693. The zero-order valence-corrected chi connectivity index (χ0v) is 17.2. The molecule has 29 heavy (non-hydrogen) atoms. The molecule has 8 heteroatoms. The van der Waals surface area contributed by atoms with Gasteiger partial charge in [0.05, 0.1) is 11.9 Å². The third-order valence-electron chi connectivity index (χ3n) is 5.41. The molecule has 0 aromatic carbocycles. The van der Waals surface area contributed by atoms with Crippen LogP contribution in [0.25, 0.3) is 10.2 Å². The summed E-state index contributed by atoms with van der Waals surface area (Å²) in [6.07, 6.45) is 7.81. The predicted molar refractivity (Wildman–Crippen MR) is 115 cm³/mol. The van der Waals surface area contributed by atoms with E-state index in [1.54, 1.807) is 17.7 Å². The van der Waals surface area contributed by atoms with E-state index >= 15 is 0 Å². The number of nitrogens with zero attached hydrogens (tertiary/aromatic N) is 4. The van der Waals surface area contributed by atoms with Crippen molar-refractivity contribution in [3.05, 3.63) is 40.2 Å². The first kappa shape index (κ1) is 18.2. The van der Waals surface area contributed by atoms with E-state index in [1.807, 2.05) is 32.3 Å². The lowest BCUT2D eigenvalue weighted by Crippen LogP contribution is -2.37. The lowest BCUT2D eigenvalue weighted by Gasteiger charge is -2.22. The Hall–Kier alpha value is -2.87. The number of rotatable bonds is 4. The SMILES string of the molecule is CC(C)NC(=O)[C@H]1CCc2c(sc3ncnc(Nc4cc5c(cn4)CN=C5)c23)C1. The molecule has 2 aliphatic rings. The van der Waals surface area contributed by atoms with Gasteiger partial charge in [-0.05, 0) is 44.7 Å². The predicted octanol–water partition coefficient (Wildman–Crippen LogP) is 3.39. The molecule has 4 heterocycles. The number of hydrogen-bond acceptors (Lipinski definition) is 7. The first-order valence-electron chi connectivity index (χ1n) is 9.90. The van der Waals surface area contributed by atoms with E-state index in [0.717, 1.165) is 52.2 Å². The van der Waals surface area contributed by atoms with Crippen molar-refractivity contribution in [2.24, 2.45) is 10.9 Å². The zero-order valence-electron chi connectivity index (χ0n) is 16.4. The summed E-state index contributed by atoms with van der Waals surface area (Å²) in [5.41, 5.74) is 3.51. The average molecular weight is 407 g/mol. The van der Waals surface area contributed by atoms with Gasteiger partial charge in [0.2, 0.25) is 5.91 Å². The molecule has 5 rings (SSSR count). The normalized spacial score (nSPS) is 17.4. The fourth-order valence-electron chi connectivity index (χ4n) is 4.01. The Labute approximate surface area is 172 Å². The van der Waals surface area contributed by atoms with Crippen molar-refractivity contribution in [3.63, 3.8) is 0 Å². The van der Waals surface area contributed by atoms with Gasteiger partial charge < -0.3 is 10.6 Å². The summed E-state index contributed by atoms with van der Waals surface area (Å²) in [6.45, 7) is 4.69. The molecule has 3 aromatic heterocycles. The summed E-state index contributed by atoms with van der Waals surface area (Å²) < 4.78 is 0. The molecule has 0 saturated heterocycles. The molecule has 148 valence electrons. The van der Waals surface area contributed by atoms with Gasteiger partial charge in [-0.25, -0.2) is 15.0 Å². The Balaban J connectivity index is 1.46. The van der Waals surface area contributed by atoms with Gasteiger partial charge in [-0.15, -0.1) is 11.3 Å². The van der Waals surface area contributed by atoms with E-state index in [2.05, 4.69) is 30.6 Å². The van der Waals surface area contributed by atoms with E-state index in [0.29, 0.717) is 6.54 Å². The first-order valence-corrected chi connectivity index (χ1v) is 10.7. The lowest BCUT2D eigenvalue weighted by molar-refractivity contribution is -0.125. The molecule has 0 radical (unpaired) electrons. The Morgan fingerprint density at radius 1 is 1.28 bits per heavy atom. The highest BCUT2D eigenvalue weighted by Gasteiger charge is 2.29. The van der Waals surface area contributed by atoms with Crippen LogP contribution in [0.1, 0.15) is 41.8 Å². The van der Waals surface area contributed by atoms with Crippen molar-refractivity contribution in [1.29, 1.82) is 0 Å². The van der Waals surface area contributed by atoms with Crippen molar-refractivity contribution in [1.82, 2.24) is 20.3 Å². The van der Waals surface area contributed by atoms with Crippen molar-refractivity contribution < 1.29 is 4.79 Å². The molecule has 0 unspecified atom stereocenters. The highest BCUT2D eigenvalue weighted by atomic mass is 32.1. The number of carbonyl (C=O) groups excluding carboxylic acids is 1. The largest absolute Gasteiger partial charge is 0.354 e. The molecule has 0 fully saturated rings. The summed E-state index contributed by atoms with van der Waals surface area (Å²) in [5, 5.41) is 7.49. The van der Waals surface area contributed by atoms with Crippen LogP contribution in [-0.4, -0.2) is 33.1 Å². The minimum absolute atomic E-state index is 0.0278. The number of nitrogens with one attached hydrogen (secondary N) is 2. The van der Waals surface area contributed by atoms with Crippen LogP contribution in [0.3, 0.4) is 0 Å². The molecule has 1 amide bonds. The van der Waals surface area contributed by atoms with Gasteiger partial charge in [-0.1, -0.05) is 0 Å². The third kappa shape index (κ3) is 3.37. The molecule has 0 spiro atoms. The molecule has 3 aromatic rings. The number of aliphatic imine (C=N–C) groups is 1. The van der Waals surface area contributed by atoms with Crippen LogP contribution in [0, 0.1) is 5.92 Å². The second-order valence-electron chi connectivity index (χ2n) is 7.87. The zero-order chi connectivity index (χ0) is 20.0. The molecular weight excluding hydrogens is 384 g/mol. The van der Waals surface area contributed by atoms with Gasteiger partial charge >= 0.3 is 0 Å². The smallest absolute Gasteiger partial charge is 0.223 e. The van der Waals surface area contributed by atoms with E-state index in [1.165, 1.54) is 10.4 Å². The molecule has 7 nitrogen and oxygen atoms in total. The van der Waals surface area contributed by atoms with Crippen molar-refractivity contribution in [3.8, 4) is 0 Å². The number of carbonyl (C=O) groups is 1. The Morgan fingerprint density at radius 3 is 3.03 bits per heavy atom. The standard InChI is InChI=1S/C21H22N6OS/c1-11(2)26-20(28)12-3-4-15-16(5-12)29-21-18(15)19(24-10-25-21)27-17-6-13-7-22-8-14(13)9-23-17/h6-7,9-12H,3-5,8H2,1-2H3,(H,26,28)(H,23,24,25,27)/t12-/m0/s1. The summed E-state index contributed by atoms with van der Waals surface area (Å²) in [6, 6.07) is 2.17. The van der Waals surface area contributed by atoms with Gasteiger partial charge in [0, 0.05) is 40.4 Å². The van der Waals surface area contributed by atoms with Crippen LogP contribution in [-0.2, 0) is 24.2 Å². The maximum Gasteiger partial charge on any atom is 0.223 e. The van der Waals surface area contributed by atoms with Gasteiger partial charge in [-0.3, -0.25) is 9.79 Å². The Kier molecular flexibility index (Phi) is 4.50. The van der Waals surface area contributed by atoms with Crippen molar-refractivity contribution >= 4 is 45.3 Å². The Bertz CT molecular complexity index is 1140. The Morgan fingerprint density at radius 2 is 2.17 bits per heavy atom. The third-order valence-corrected chi connectivity index (χ3v) is 6.57. The second-order valence-corrected chi connectivity index (χ2v) is 8.96. The summed E-state index contributed by atoms with van der Waals surface area (Å²) in [4.78, 5) is 32.5. The molecule has 0 saturated carbocycles. The van der Waals surface area contributed by atoms with Crippen molar-refractivity contribution in [2.75, 3.05) is 5.32 Å². The summed E-state index contributed by atoms with van der Waals surface area (Å²) in [5.74, 6) is 1.71. The lowest BCUT2D eigenvalue weighted by atomic mass is 9.87. The van der Waals surface area contributed by atoms with Crippen molar-refractivity contribution in [2.45, 2.75) is 45.7 Å². The number of pyridine rings is 1. The summed E-state index contributed by atoms with van der Waals surface area (Å²) in [7, 11) is 0. The van der Waals surface area contributed by atoms with Crippen LogP contribution in [0.5, 0.6) is 0 Å². The maximum atomic E-state index is 12.5. The molecule has 0 bridgehead atoms. The molecule has 2 N–H and O–H groups in total. The van der Waals surface area contributed by atoms with Crippen LogP contribution in [0.2, 0.25) is 0 Å². The van der Waals surface area contributed by atoms with Gasteiger partial charge in [0.1, 0.15) is 22.8 Å². The van der Waals surface area contributed by atoms with Crippen LogP contribution in [0.4, 0.5) is 11.6 Å². The fraction of sp³-hybridized carbons (Fsp3) is 0.381. The average Bonchev–Trinajstić information content (AvgIpc) is 3.31. The number of aromatic nitrogens is 3. The monoisotopic (exact) mass is 406 g/mol. The van der Waals surface area contributed by atoms with Gasteiger partial charge in [0.25, 0.3) is 0 Å². The number of hydrogen-bond donors (Lipinski definition) is 2. The molecule has 1 atom stereocenters. The fourth-order valence-corrected chi connectivity index (χ4v) is 5.28. The van der Waals surface area contributed by atoms with E-state index in [9.17, 15) is 4.79 Å².